The zero-order chi connectivity index (χ0) is 14.4. The highest BCUT2D eigenvalue weighted by molar-refractivity contribution is 5.78. The Morgan fingerprint density at radius 2 is 2.15 bits per heavy atom. The zero-order valence-corrected chi connectivity index (χ0v) is 12.4. The SMILES string of the molecule is Cc1ccc(OCCNC(=O)C2CCCN(C)C2)cc1. The van der Waals surface area contributed by atoms with Gasteiger partial charge in [0.1, 0.15) is 12.4 Å². The summed E-state index contributed by atoms with van der Waals surface area (Å²) in [5.41, 5.74) is 1.21. The van der Waals surface area contributed by atoms with Gasteiger partial charge in [0.25, 0.3) is 0 Å². The van der Waals surface area contributed by atoms with E-state index < -0.39 is 0 Å². The molecule has 1 fully saturated rings. The van der Waals surface area contributed by atoms with E-state index in [1.165, 1.54) is 5.56 Å². The first-order chi connectivity index (χ1) is 9.65. The van der Waals surface area contributed by atoms with Crippen LogP contribution in [-0.4, -0.2) is 44.1 Å². The van der Waals surface area contributed by atoms with Crippen LogP contribution in [0.15, 0.2) is 24.3 Å². The van der Waals surface area contributed by atoms with Crippen LogP contribution in [-0.2, 0) is 4.79 Å². The van der Waals surface area contributed by atoms with Gasteiger partial charge in [-0.1, -0.05) is 17.7 Å². The normalized spacial score (nSPS) is 19.6. The van der Waals surface area contributed by atoms with Crippen molar-refractivity contribution >= 4 is 5.91 Å². The molecule has 110 valence electrons. The molecule has 1 aromatic rings. The second kappa shape index (κ2) is 7.29. The number of carbonyl (C=O) groups is 1. The molecule has 1 aliphatic heterocycles. The Morgan fingerprint density at radius 1 is 1.40 bits per heavy atom. The average molecular weight is 276 g/mol. The van der Waals surface area contributed by atoms with Crippen LogP contribution < -0.4 is 10.1 Å². The van der Waals surface area contributed by atoms with Crippen molar-refractivity contribution in [2.45, 2.75) is 19.8 Å². The Morgan fingerprint density at radius 3 is 2.85 bits per heavy atom. The van der Waals surface area contributed by atoms with E-state index in [0.29, 0.717) is 13.2 Å². The van der Waals surface area contributed by atoms with Gasteiger partial charge in [0, 0.05) is 6.54 Å². The van der Waals surface area contributed by atoms with E-state index in [-0.39, 0.29) is 11.8 Å². The average Bonchev–Trinajstić information content (AvgIpc) is 2.45. The lowest BCUT2D eigenvalue weighted by atomic mass is 9.98. The second-order valence-electron chi connectivity index (χ2n) is 5.55. The van der Waals surface area contributed by atoms with Crippen LogP contribution in [0, 0.1) is 12.8 Å². The van der Waals surface area contributed by atoms with Crippen molar-refractivity contribution in [3.63, 3.8) is 0 Å². The number of rotatable bonds is 5. The van der Waals surface area contributed by atoms with Gasteiger partial charge in [-0.25, -0.2) is 0 Å². The van der Waals surface area contributed by atoms with E-state index in [4.69, 9.17) is 4.74 Å². The van der Waals surface area contributed by atoms with Crippen molar-refractivity contribution in [1.29, 1.82) is 0 Å². The van der Waals surface area contributed by atoms with Crippen molar-refractivity contribution in [3.05, 3.63) is 29.8 Å². The molecule has 2 rings (SSSR count). The number of amides is 1. The lowest BCUT2D eigenvalue weighted by Gasteiger charge is -2.28. The smallest absolute Gasteiger partial charge is 0.224 e. The Labute approximate surface area is 121 Å². The monoisotopic (exact) mass is 276 g/mol. The highest BCUT2D eigenvalue weighted by atomic mass is 16.5. The predicted molar refractivity (Wildman–Crippen MR) is 79.9 cm³/mol. The number of hydrogen-bond acceptors (Lipinski definition) is 3. The van der Waals surface area contributed by atoms with Crippen molar-refractivity contribution in [2.24, 2.45) is 5.92 Å². The van der Waals surface area contributed by atoms with Crippen LogP contribution in [0.3, 0.4) is 0 Å². The summed E-state index contributed by atoms with van der Waals surface area (Å²) in [5.74, 6) is 1.14. The van der Waals surface area contributed by atoms with Crippen LogP contribution in [0.25, 0.3) is 0 Å². The van der Waals surface area contributed by atoms with Crippen molar-refractivity contribution in [1.82, 2.24) is 10.2 Å². The summed E-state index contributed by atoms with van der Waals surface area (Å²) in [6.07, 6.45) is 2.10. The van der Waals surface area contributed by atoms with Crippen molar-refractivity contribution in [2.75, 3.05) is 33.3 Å². The fraction of sp³-hybridized carbons (Fsp3) is 0.562. The Balaban J connectivity index is 1.65. The minimum atomic E-state index is 0.133. The van der Waals surface area contributed by atoms with Gasteiger partial charge in [-0.15, -0.1) is 0 Å². The summed E-state index contributed by atoms with van der Waals surface area (Å²) in [4.78, 5) is 14.2. The molecule has 1 aliphatic rings. The van der Waals surface area contributed by atoms with Crippen LogP contribution >= 0.6 is 0 Å². The number of nitrogens with zero attached hydrogens (tertiary/aromatic N) is 1. The first-order valence-corrected chi connectivity index (χ1v) is 7.31. The second-order valence-corrected chi connectivity index (χ2v) is 5.55. The van der Waals surface area contributed by atoms with E-state index in [1.54, 1.807) is 0 Å². The standard InChI is InChI=1S/C16H24N2O2/c1-13-5-7-15(8-6-13)20-11-9-17-16(19)14-4-3-10-18(2)12-14/h5-8,14H,3-4,9-12H2,1-2H3,(H,17,19). The van der Waals surface area contributed by atoms with Gasteiger partial charge in [-0.2, -0.15) is 0 Å². The quantitative estimate of drug-likeness (QED) is 0.834. The summed E-state index contributed by atoms with van der Waals surface area (Å²) in [5, 5.41) is 2.96. The van der Waals surface area contributed by atoms with Gasteiger partial charge < -0.3 is 15.0 Å². The molecule has 1 amide bonds. The summed E-state index contributed by atoms with van der Waals surface area (Å²) < 4.78 is 5.59. The molecule has 1 N–H and O–H groups in total. The van der Waals surface area contributed by atoms with E-state index in [0.717, 1.165) is 31.7 Å². The van der Waals surface area contributed by atoms with Crippen molar-refractivity contribution in [3.8, 4) is 5.75 Å². The summed E-state index contributed by atoms with van der Waals surface area (Å²) in [6, 6.07) is 7.94. The summed E-state index contributed by atoms with van der Waals surface area (Å²) in [6.45, 7) is 5.08. The maximum atomic E-state index is 12.0. The molecule has 1 atom stereocenters. The molecule has 0 saturated carbocycles. The molecule has 0 aliphatic carbocycles. The third kappa shape index (κ3) is 4.53. The maximum absolute atomic E-state index is 12.0. The number of benzene rings is 1. The first-order valence-electron chi connectivity index (χ1n) is 7.31. The summed E-state index contributed by atoms with van der Waals surface area (Å²) in [7, 11) is 2.07. The Kier molecular flexibility index (Phi) is 5.41. The van der Waals surface area contributed by atoms with Gasteiger partial charge in [0.15, 0.2) is 0 Å². The maximum Gasteiger partial charge on any atom is 0.224 e. The fourth-order valence-electron chi connectivity index (χ4n) is 2.50. The lowest BCUT2D eigenvalue weighted by Crippen LogP contribution is -2.42. The van der Waals surface area contributed by atoms with Crippen LogP contribution in [0.2, 0.25) is 0 Å². The Hall–Kier alpha value is -1.55. The molecule has 1 aromatic carbocycles. The number of carbonyl (C=O) groups excluding carboxylic acids is 1. The van der Waals surface area contributed by atoms with E-state index in [2.05, 4.69) is 17.3 Å². The molecule has 1 unspecified atom stereocenters. The molecular formula is C16H24N2O2. The van der Waals surface area contributed by atoms with Crippen LogP contribution in [0.5, 0.6) is 5.75 Å². The molecule has 1 heterocycles. The third-order valence-corrected chi connectivity index (χ3v) is 3.69. The number of hydrogen-bond donors (Lipinski definition) is 1. The number of aryl methyl sites for hydroxylation is 1. The molecule has 4 nitrogen and oxygen atoms in total. The zero-order valence-electron chi connectivity index (χ0n) is 12.4. The highest BCUT2D eigenvalue weighted by Crippen LogP contribution is 2.15. The first kappa shape index (κ1) is 14.9. The Bertz CT molecular complexity index is 431. The number of likely N-dealkylation sites (tertiary alicyclic amines) is 1. The van der Waals surface area contributed by atoms with Gasteiger partial charge in [0.05, 0.1) is 12.5 Å². The van der Waals surface area contributed by atoms with E-state index in [1.807, 2.05) is 31.2 Å². The largest absolute Gasteiger partial charge is 0.492 e. The molecule has 20 heavy (non-hydrogen) atoms. The molecule has 1 saturated heterocycles. The molecule has 0 aromatic heterocycles. The van der Waals surface area contributed by atoms with Crippen LogP contribution in [0.1, 0.15) is 18.4 Å². The van der Waals surface area contributed by atoms with Gasteiger partial charge >= 0.3 is 0 Å². The molecule has 0 radical (unpaired) electrons. The molecule has 0 spiro atoms. The lowest BCUT2D eigenvalue weighted by molar-refractivity contribution is -0.126. The molecular weight excluding hydrogens is 252 g/mol. The highest BCUT2D eigenvalue weighted by Gasteiger charge is 2.23. The minimum absolute atomic E-state index is 0.133. The number of ether oxygens (including phenoxy) is 1. The summed E-state index contributed by atoms with van der Waals surface area (Å²) >= 11 is 0. The molecule has 4 heteroatoms. The number of nitrogens with one attached hydrogen (secondary N) is 1. The third-order valence-electron chi connectivity index (χ3n) is 3.69. The molecule has 0 bridgehead atoms. The van der Waals surface area contributed by atoms with E-state index >= 15 is 0 Å². The van der Waals surface area contributed by atoms with Crippen LogP contribution in [0.4, 0.5) is 0 Å². The predicted octanol–water partition coefficient (Wildman–Crippen LogP) is 1.83. The minimum Gasteiger partial charge on any atom is -0.492 e. The van der Waals surface area contributed by atoms with Crippen molar-refractivity contribution < 1.29 is 9.53 Å². The van der Waals surface area contributed by atoms with E-state index in [9.17, 15) is 4.79 Å². The van der Waals surface area contributed by atoms with Gasteiger partial charge in [0.2, 0.25) is 5.91 Å². The fourth-order valence-corrected chi connectivity index (χ4v) is 2.50. The number of piperidine rings is 1. The van der Waals surface area contributed by atoms with Gasteiger partial charge in [-0.05, 0) is 45.5 Å². The topological polar surface area (TPSA) is 41.6 Å². The van der Waals surface area contributed by atoms with Gasteiger partial charge in [-0.3, -0.25) is 4.79 Å².